The van der Waals surface area contributed by atoms with Gasteiger partial charge in [-0.05, 0) is 49.4 Å². The van der Waals surface area contributed by atoms with Gasteiger partial charge in [0.15, 0.2) is 15.4 Å². The van der Waals surface area contributed by atoms with Crippen LogP contribution in [0.25, 0.3) is 0 Å². The number of carbonyl (C=O) groups excluding carboxylic acids is 1. The zero-order valence-corrected chi connectivity index (χ0v) is 17.1. The molecule has 1 amide bonds. The first-order chi connectivity index (χ1) is 13.3. The molecule has 12 heteroatoms. The van der Waals surface area contributed by atoms with Crippen LogP contribution in [0.4, 0.5) is 23.2 Å². The maximum absolute atomic E-state index is 13.0. The average Bonchev–Trinajstić information content (AvgIpc) is 2.60. The quantitative estimate of drug-likeness (QED) is 0.523. The van der Waals surface area contributed by atoms with Crippen molar-refractivity contribution in [3.8, 4) is 6.07 Å². The zero-order valence-electron chi connectivity index (χ0n) is 15.3. The van der Waals surface area contributed by atoms with Crippen molar-refractivity contribution in [2.45, 2.75) is 23.6 Å². The normalized spacial score (nSPS) is 13.5. The molecule has 0 aliphatic rings. The van der Waals surface area contributed by atoms with Crippen molar-refractivity contribution in [2.75, 3.05) is 11.1 Å². The Bertz CT molecular complexity index is 1080. The first kappa shape index (κ1) is 25.4. The van der Waals surface area contributed by atoms with Crippen molar-refractivity contribution >= 4 is 34.9 Å². The van der Waals surface area contributed by atoms with Gasteiger partial charge in [-0.25, -0.2) is 12.8 Å². The van der Waals surface area contributed by atoms with E-state index < -0.39 is 50.2 Å². The fraction of sp³-hybridized carbons (Fsp3) is 0.222. The number of nitrogens with zero attached hydrogens (tertiary/aromatic N) is 1. The second-order valence-electron chi connectivity index (χ2n) is 6.31. The van der Waals surface area contributed by atoms with Crippen LogP contribution in [0.15, 0.2) is 47.4 Å². The van der Waals surface area contributed by atoms with Crippen molar-refractivity contribution in [1.82, 2.24) is 0 Å². The van der Waals surface area contributed by atoms with Gasteiger partial charge in [0, 0.05) is 5.69 Å². The van der Waals surface area contributed by atoms with E-state index in [1.165, 1.54) is 6.07 Å². The Balaban J connectivity index is 0.00000450. The van der Waals surface area contributed by atoms with Crippen LogP contribution >= 0.6 is 13.5 Å². The van der Waals surface area contributed by atoms with Crippen LogP contribution in [-0.4, -0.2) is 30.8 Å². The van der Waals surface area contributed by atoms with Gasteiger partial charge in [0.1, 0.15) is 5.82 Å². The van der Waals surface area contributed by atoms with Gasteiger partial charge in [-0.15, -0.1) is 0 Å². The molecule has 0 unspecified atom stereocenters. The monoisotopic (exact) mass is 464 g/mol. The predicted molar refractivity (Wildman–Crippen MR) is 104 cm³/mol. The second-order valence-corrected chi connectivity index (χ2v) is 8.30. The van der Waals surface area contributed by atoms with Gasteiger partial charge in [-0.1, -0.05) is 0 Å². The van der Waals surface area contributed by atoms with Crippen molar-refractivity contribution in [2.24, 2.45) is 0 Å². The van der Waals surface area contributed by atoms with Crippen molar-refractivity contribution in [3.05, 3.63) is 59.4 Å². The summed E-state index contributed by atoms with van der Waals surface area (Å²) in [6.45, 7) is 0.873. The SMILES string of the molecule is C[C@@](O)(CS(=O)(=O)c1ccc(F)cc1)C(=O)Nc1ccc(C#N)c(C(F)(F)F)c1.S. The number of halogens is 4. The molecule has 0 radical (unpaired) electrons. The number of alkyl halides is 3. The lowest BCUT2D eigenvalue weighted by Crippen LogP contribution is -2.45. The van der Waals surface area contributed by atoms with E-state index in [0.29, 0.717) is 6.07 Å². The molecule has 2 N–H and O–H groups in total. The third-order valence-electron chi connectivity index (χ3n) is 3.84. The third kappa shape index (κ3) is 5.94. The first-order valence-electron chi connectivity index (χ1n) is 7.90. The number of nitriles is 1. The summed E-state index contributed by atoms with van der Waals surface area (Å²) in [6, 6.07) is 7.40. The summed E-state index contributed by atoms with van der Waals surface area (Å²) in [5.74, 6) is -3.06. The lowest BCUT2D eigenvalue weighted by molar-refractivity contribution is -0.137. The highest BCUT2D eigenvalue weighted by Gasteiger charge is 2.38. The summed E-state index contributed by atoms with van der Waals surface area (Å²) in [6.07, 6.45) is -4.86. The molecule has 0 heterocycles. The largest absolute Gasteiger partial charge is 0.417 e. The van der Waals surface area contributed by atoms with Crippen LogP contribution in [0, 0.1) is 17.1 Å². The number of aliphatic hydroxyl groups is 1. The number of rotatable bonds is 5. The van der Waals surface area contributed by atoms with E-state index in [1.54, 1.807) is 0 Å². The van der Waals surface area contributed by atoms with Gasteiger partial charge in [0.05, 0.1) is 27.8 Å². The molecule has 0 fully saturated rings. The maximum Gasteiger partial charge on any atom is 0.417 e. The van der Waals surface area contributed by atoms with Crippen LogP contribution in [0.5, 0.6) is 0 Å². The minimum atomic E-state index is -4.86. The summed E-state index contributed by atoms with van der Waals surface area (Å²) >= 11 is 0. The summed E-state index contributed by atoms with van der Waals surface area (Å²) in [5.41, 5.74) is -4.86. The van der Waals surface area contributed by atoms with Gasteiger partial charge in [0.25, 0.3) is 5.91 Å². The summed E-state index contributed by atoms with van der Waals surface area (Å²) in [7, 11) is -4.21. The minimum absolute atomic E-state index is 0. The topological polar surface area (TPSA) is 107 Å². The Morgan fingerprint density at radius 2 is 1.73 bits per heavy atom. The lowest BCUT2D eigenvalue weighted by Gasteiger charge is -2.22. The Morgan fingerprint density at radius 1 is 1.17 bits per heavy atom. The fourth-order valence-electron chi connectivity index (χ4n) is 2.38. The van der Waals surface area contributed by atoms with Gasteiger partial charge in [0.2, 0.25) is 0 Å². The number of hydrogen-bond acceptors (Lipinski definition) is 5. The summed E-state index contributed by atoms with van der Waals surface area (Å²) < 4.78 is 76.6. The van der Waals surface area contributed by atoms with E-state index in [9.17, 15) is 35.9 Å². The molecule has 0 spiro atoms. The highest BCUT2D eigenvalue weighted by atomic mass is 32.2. The molecule has 0 bridgehead atoms. The number of hydrogen-bond donors (Lipinski definition) is 2. The number of sulfone groups is 1. The third-order valence-corrected chi connectivity index (χ3v) is 5.77. The fourth-order valence-corrected chi connectivity index (χ4v) is 3.97. The van der Waals surface area contributed by atoms with E-state index in [2.05, 4.69) is 0 Å². The zero-order chi connectivity index (χ0) is 22.0. The number of carbonyl (C=O) groups is 1. The molecule has 0 saturated heterocycles. The number of amides is 1. The Hall–Kier alpha value is -2.62. The van der Waals surface area contributed by atoms with Crippen LogP contribution < -0.4 is 5.32 Å². The Morgan fingerprint density at radius 3 is 2.23 bits per heavy atom. The smallest absolute Gasteiger partial charge is 0.379 e. The van der Waals surface area contributed by atoms with Crippen LogP contribution in [0.3, 0.4) is 0 Å². The first-order valence-corrected chi connectivity index (χ1v) is 9.55. The van der Waals surface area contributed by atoms with Crippen molar-refractivity contribution < 1.29 is 35.9 Å². The molecule has 2 aromatic carbocycles. The second kappa shape index (κ2) is 9.03. The molecule has 2 aromatic rings. The molecular formula is C18H16F4N2O4S2. The Kier molecular flexibility index (Phi) is 7.65. The molecule has 162 valence electrons. The van der Waals surface area contributed by atoms with Crippen molar-refractivity contribution in [3.63, 3.8) is 0 Å². The van der Waals surface area contributed by atoms with E-state index >= 15 is 0 Å². The molecule has 0 aliphatic heterocycles. The lowest BCUT2D eigenvalue weighted by atomic mass is 10.1. The molecule has 0 aromatic heterocycles. The minimum Gasteiger partial charge on any atom is -0.379 e. The van der Waals surface area contributed by atoms with Crippen LogP contribution in [0.1, 0.15) is 18.1 Å². The van der Waals surface area contributed by atoms with Gasteiger partial charge in [-0.3, -0.25) is 4.79 Å². The molecule has 6 nitrogen and oxygen atoms in total. The highest BCUT2D eigenvalue weighted by Crippen LogP contribution is 2.33. The van der Waals surface area contributed by atoms with Crippen molar-refractivity contribution in [1.29, 1.82) is 5.26 Å². The average molecular weight is 464 g/mol. The van der Waals surface area contributed by atoms with E-state index in [-0.39, 0.29) is 24.1 Å². The Labute approximate surface area is 176 Å². The van der Waals surface area contributed by atoms with Gasteiger partial charge in [-0.2, -0.15) is 31.9 Å². The summed E-state index contributed by atoms with van der Waals surface area (Å²) in [4.78, 5) is 11.9. The van der Waals surface area contributed by atoms with E-state index in [0.717, 1.165) is 43.3 Å². The molecule has 30 heavy (non-hydrogen) atoms. The molecule has 0 aliphatic carbocycles. The maximum atomic E-state index is 13.0. The molecule has 0 saturated carbocycles. The molecule has 1 atom stereocenters. The van der Waals surface area contributed by atoms with E-state index in [4.69, 9.17) is 5.26 Å². The van der Waals surface area contributed by atoms with E-state index in [1.807, 2.05) is 5.32 Å². The summed E-state index contributed by atoms with van der Waals surface area (Å²) in [5, 5.41) is 21.1. The van der Waals surface area contributed by atoms with Gasteiger partial charge >= 0.3 is 6.18 Å². The standard InChI is InChI=1S/C18H14F4N2O4S.H2S/c1-17(26,10-29(27,28)14-6-3-12(19)4-7-14)16(25)24-13-5-2-11(9-23)15(8-13)18(20,21)22;/h2-8,26H,10H2,1H3,(H,24,25);1H2/t17-;/m1./s1. The predicted octanol–water partition coefficient (Wildman–Crippen LogP) is 2.99. The number of benzene rings is 2. The highest BCUT2D eigenvalue weighted by molar-refractivity contribution is 7.91. The molecular weight excluding hydrogens is 448 g/mol. The van der Waals surface area contributed by atoms with Crippen LogP contribution in [0.2, 0.25) is 0 Å². The van der Waals surface area contributed by atoms with Gasteiger partial charge < -0.3 is 10.4 Å². The number of anilines is 1. The number of nitrogens with one attached hydrogen (secondary N) is 1. The van der Waals surface area contributed by atoms with Crippen LogP contribution in [-0.2, 0) is 20.8 Å². The molecule has 2 rings (SSSR count).